The lowest BCUT2D eigenvalue weighted by atomic mass is 9.67. The quantitative estimate of drug-likeness (QED) is 0.525. The maximum Gasteiger partial charge on any atom is 0.356 e. The summed E-state index contributed by atoms with van der Waals surface area (Å²) in [6.07, 6.45) is 0.343. The lowest BCUT2D eigenvalue weighted by molar-refractivity contribution is 0.0755. The second kappa shape index (κ2) is 8.89. The van der Waals surface area contributed by atoms with Crippen LogP contribution < -0.4 is 9.46 Å². The van der Waals surface area contributed by atoms with Gasteiger partial charge in [-0.2, -0.15) is 8.78 Å². The predicted molar refractivity (Wildman–Crippen MR) is 121 cm³/mol. The van der Waals surface area contributed by atoms with Gasteiger partial charge >= 0.3 is 5.25 Å². The molecule has 0 saturated heterocycles. The van der Waals surface area contributed by atoms with E-state index in [0.29, 0.717) is 0 Å². The summed E-state index contributed by atoms with van der Waals surface area (Å²) >= 11 is 5.90. The van der Waals surface area contributed by atoms with E-state index in [4.69, 9.17) is 16.3 Å². The van der Waals surface area contributed by atoms with Crippen LogP contribution in [-0.2, 0) is 24.6 Å². The molecule has 35 heavy (non-hydrogen) atoms. The summed E-state index contributed by atoms with van der Waals surface area (Å²) < 4.78 is 115. The van der Waals surface area contributed by atoms with Crippen LogP contribution in [0.25, 0.3) is 0 Å². The molecule has 4 rings (SSSR count). The number of sulfone groups is 1. The molecule has 0 amide bonds. The van der Waals surface area contributed by atoms with E-state index in [1.807, 2.05) is 4.72 Å². The van der Waals surface area contributed by atoms with E-state index in [1.54, 1.807) is 0 Å². The number of fused-ring (bicyclic) bond motifs is 3. The first-order chi connectivity index (χ1) is 16.2. The molecule has 0 bridgehead atoms. The lowest BCUT2D eigenvalue weighted by Gasteiger charge is -2.50. The van der Waals surface area contributed by atoms with Gasteiger partial charge in [-0.1, -0.05) is 18.0 Å². The van der Waals surface area contributed by atoms with Gasteiger partial charge in [-0.25, -0.2) is 30.3 Å². The number of hydrogen-bond donors (Lipinski definition) is 1. The van der Waals surface area contributed by atoms with Crippen molar-refractivity contribution in [2.75, 3.05) is 13.2 Å². The summed E-state index contributed by atoms with van der Waals surface area (Å²) in [6.45, 7) is -0.678. The van der Waals surface area contributed by atoms with Gasteiger partial charge in [0.15, 0.2) is 21.4 Å². The molecule has 0 spiro atoms. The zero-order valence-corrected chi connectivity index (χ0v) is 20.8. The molecule has 2 aromatic carbocycles. The summed E-state index contributed by atoms with van der Waals surface area (Å²) in [7, 11) is -9.48. The molecule has 1 saturated carbocycles. The van der Waals surface area contributed by atoms with Gasteiger partial charge < -0.3 is 4.74 Å². The van der Waals surface area contributed by atoms with Crippen molar-refractivity contribution in [3.63, 3.8) is 0 Å². The molecule has 1 N–H and O–H groups in total. The van der Waals surface area contributed by atoms with Gasteiger partial charge in [-0.15, -0.1) is 0 Å². The first-order valence-corrected chi connectivity index (χ1v) is 14.1. The molecule has 6 nitrogen and oxygen atoms in total. The first kappa shape index (κ1) is 26.2. The topological polar surface area (TPSA) is 89.5 Å². The van der Waals surface area contributed by atoms with E-state index in [1.165, 1.54) is 24.3 Å². The summed E-state index contributed by atoms with van der Waals surface area (Å²) in [6, 6.07) is 6.83. The fourth-order valence-corrected chi connectivity index (χ4v) is 8.36. The molecule has 0 radical (unpaired) electrons. The third-order valence-corrected chi connectivity index (χ3v) is 11.1. The van der Waals surface area contributed by atoms with Crippen molar-refractivity contribution in [2.24, 2.45) is 11.8 Å². The minimum atomic E-state index is -5.04. The van der Waals surface area contributed by atoms with E-state index < -0.39 is 71.2 Å². The zero-order valence-electron chi connectivity index (χ0n) is 18.4. The van der Waals surface area contributed by atoms with E-state index in [2.05, 4.69) is 0 Å². The minimum Gasteiger partial charge on any atom is -0.490 e. The highest BCUT2D eigenvalue weighted by Crippen LogP contribution is 2.58. The normalized spacial score (nSPS) is 24.9. The Bertz CT molecular complexity index is 1350. The van der Waals surface area contributed by atoms with Gasteiger partial charge in [0.25, 0.3) is 10.0 Å². The average molecular weight is 556 g/mol. The maximum absolute atomic E-state index is 15.3. The Hall–Kier alpha value is -1.89. The van der Waals surface area contributed by atoms with Crippen molar-refractivity contribution in [3.8, 4) is 5.75 Å². The van der Waals surface area contributed by atoms with E-state index in [-0.39, 0.29) is 42.7 Å². The second-order valence-electron chi connectivity index (χ2n) is 8.81. The summed E-state index contributed by atoms with van der Waals surface area (Å²) in [5.41, 5.74) is -0.475. The fourth-order valence-electron chi connectivity index (χ4n) is 5.10. The molecule has 0 aromatic heterocycles. The van der Waals surface area contributed by atoms with E-state index >= 15 is 4.39 Å². The van der Waals surface area contributed by atoms with Crippen LogP contribution in [0.15, 0.2) is 41.3 Å². The van der Waals surface area contributed by atoms with Crippen molar-refractivity contribution in [1.29, 1.82) is 0 Å². The fraction of sp³-hybridized carbons (Fsp3) is 0.455. The molecule has 2 aliphatic rings. The number of hydrogen-bond acceptors (Lipinski definition) is 5. The number of benzene rings is 2. The van der Waals surface area contributed by atoms with Crippen molar-refractivity contribution >= 4 is 31.5 Å². The van der Waals surface area contributed by atoms with E-state index in [9.17, 15) is 30.0 Å². The van der Waals surface area contributed by atoms with Crippen LogP contribution in [0.4, 0.5) is 17.6 Å². The van der Waals surface area contributed by atoms with Crippen LogP contribution in [-0.4, -0.2) is 35.2 Å². The molecule has 192 valence electrons. The summed E-state index contributed by atoms with van der Waals surface area (Å²) in [5.74, 6) is -4.35. The average Bonchev–Trinajstić information content (AvgIpc) is 2.79. The Morgan fingerprint density at radius 1 is 1.09 bits per heavy atom. The van der Waals surface area contributed by atoms with Gasteiger partial charge in [-0.3, -0.25) is 0 Å². The smallest absolute Gasteiger partial charge is 0.356 e. The predicted octanol–water partition coefficient (Wildman–Crippen LogP) is 4.63. The van der Waals surface area contributed by atoms with Crippen LogP contribution in [0.1, 0.15) is 31.7 Å². The molecule has 3 atom stereocenters. The first-order valence-electron chi connectivity index (χ1n) is 10.7. The van der Waals surface area contributed by atoms with Crippen molar-refractivity contribution in [3.05, 3.63) is 58.6 Å². The second-order valence-corrected chi connectivity index (χ2v) is 13.5. The molecule has 2 aromatic rings. The summed E-state index contributed by atoms with van der Waals surface area (Å²) in [4.78, 5) is -0.190. The van der Waals surface area contributed by atoms with Gasteiger partial charge in [0, 0.05) is 24.4 Å². The monoisotopic (exact) mass is 555 g/mol. The largest absolute Gasteiger partial charge is 0.490 e. The highest BCUT2D eigenvalue weighted by molar-refractivity contribution is 7.92. The Kier molecular flexibility index (Phi) is 6.65. The van der Waals surface area contributed by atoms with Crippen molar-refractivity contribution in [1.82, 2.24) is 4.72 Å². The standard InChI is InChI=1S/C22H22ClF4NO5S2/c1-21(26,27)35(31,32)28-11-13-3-2-10-22(34(29,30)15-6-4-14(23)5-7-15)16(13)12-33-20-18(25)9-8-17(24)19(20)22/h4-9,13,16,28H,2-3,10-12H2,1H3/t13-,16-,22-/m0/s1. The molecule has 0 unspecified atom stereocenters. The van der Waals surface area contributed by atoms with E-state index in [0.717, 1.165) is 12.1 Å². The molecular formula is C22H22ClF4NO5S2. The van der Waals surface area contributed by atoms with Crippen molar-refractivity contribution in [2.45, 2.75) is 41.1 Å². The number of sulfonamides is 1. The Labute approximate surface area is 205 Å². The zero-order chi connectivity index (χ0) is 25.8. The molecular weight excluding hydrogens is 534 g/mol. The lowest BCUT2D eigenvalue weighted by Crippen LogP contribution is -2.56. The Balaban J connectivity index is 1.88. The summed E-state index contributed by atoms with van der Waals surface area (Å²) in [5, 5.41) is -3.81. The van der Waals surface area contributed by atoms with Crippen LogP contribution in [0.5, 0.6) is 5.75 Å². The third-order valence-electron chi connectivity index (χ3n) is 6.79. The third kappa shape index (κ3) is 4.21. The molecule has 1 aliphatic heterocycles. The molecule has 1 heterocycles. The van der Waals surface area contributed by atoms with Gasteiger partial charge in [0.1, 0.15) is 10.6 Å². The molecule has 1 aliphatic carbocycles. The van der Waals surface area contributed by atoms with Gasteiger partial charge in [0.05, 0.1) is 17.1 Å². The van der Waals surface area contributed by atoms with Crippen LogP contribution in [0.2, 0.25) is 5.02 Å². The SMILES string of the molecule is CC(F)(F)S(=O)(=O)NC[C@@H]1CCC[C@@]2(S(=O)(=O)c3ccc(Cl)cc3)c3c(F)ccc(F)c3OC[C@@H]12. The number of alkyl halides is 2. The molecule has 1 fully saturated rings. The Morgan fingerprint density at radius 2 is 1.71 bits per heavy atom. The number of halogens is 5. The van der Waals surface area contributed by atoms with Crippen LogP contribution >= 0.6 is 11.6 Å². The number of ether oxygens (including phenoxy) is 1. The van der Waals surface area contributed by atoms with Crippen molar-refractivity contribution < 1.29 is 39.1 Å². The number of rotatable bonds is 6. The highest BCUT2D eigenvalue weighted by Gasteiger charge is 2.61. The van der Waals surface area contributed by atoms with Crippen LogP contribution in [0, 0.1) is 23.5 Å². The maximum atomic E-state index is 15.3. The Morgan fingerprint density at radius 3 is 2.34 bits per heavy atom. The molecule has 13 heteroatoms. The number of nitrogens with one attached hydrogen (secondary N) is 1. The van der Waals surface area contributed by atoms with Crippen LogP contribution in [0.3, 0.4) is 0 Å². The minimum absolute atomic E-state index is 0.105. The highest BCUT2D eigenvalue weighted by atomic mass is 35.5. The van der Waals surface area contributed by atoms with Gasteiger partial charge in [0.2, 0.25) is 0 Å². The van der Waals surface area contributed by atoms with Gasteiger partial charge in [-0.05, 0) is 55.2 Å².